The fraction of sp³-hybridized carbons (Fsp3) is 0.632. The number of fused-ring (bicyclic) bond motifs is 4. The molecule has 0 aliphatic carbocycles. The Morgan fingerprint density at radius 1 is 1.20 bits per heavy atom. The van der Waals surface area contributed by atoms with Crippen LogP contribution in [-0.4, -0.2) is 86.2 Å². The fourth-order valence-electron chi connectivity index (χ4n) is 4.06. The number of carbonyl (C=O) groups is 1. The van der Waals surface area contributed by atoms with E-state index in [0.717, 1.165) is 57.3 Å². The summed E-state index contributed by atoms with van der Waals surface area (Å²) >= 11 is 0. The predicted molar refractivity (Wildman–Crippen MR) is 94.5 cm³/mol. The number of ether oxygens (including phenoxy) is 2. The topological polar surface area (TPSA) is 45.2 Å². The molecule has 1 aromatic rings. The van der Waals surface area contributed by atoms with Gasteiger partial charge in [0.15, 0.2) is 0 Å². The third-order valence-electron chi connectivity index (χ3n) is 5.49. The van der Waals surface area contributed by atoms with Crippen LogP contribution in [0.15, 0.2) is 24.3 Å². The van der Waals surface area contributed by atoms with Crippen molar-refractivity contribution in [2.24, 2.45) is 5.92 Å². The average Bonchev–Trinajstić information content (AvgIpc) is 2.95. The number of amides is 1. The fourth-order valence-corrected chi connectivity index (χ4v) is 4.06. The minimum absolute atomic E-state index is 0.228. The minimum Gasteiger partial charge on any atom is -0.492 e. The second-order valence-corrected chi connectivity index (χ2v) is 7.46. The Hall–Kier alpha value is -1.63. The number of hydrogen-bond acceptors (Lipinski definition) is 5. The number of likely N-dealkylation sites (N-methyl/N-ethyl adjacent to an activating group) is 1. The lowest BCUT2D eigenvalue weighted by Gasteiger charge is -2.31. The highest BCUT2D eigenvalue weighted by Gasteiger charge is 2.33. The number of para-hydroxylation sites is 1. The van der Waals surface area contributed by atoms with Gasteiger partial charge in [0.2, 0.25) is 5.91 Å². The van der Waals surface area contributed by atoms with Crippen LogP contribution in [0.4, 0.5) is 0 Å². The lowest BCUT2D eigenvalue weighted by atomic mass is 10.1. The van der Waals surface area contributed by atoms with Gasteiger partial charge in [-0.1, -0.05) is 18.2 Å². The van der Waals surface area contributed by atoms with Crippen LogP contribution in [0.25, 0.3) is 0 Å². The van der Waals surface area contributed by atoms with Crippen LogP contribution in [0.1, 0.15) is 5.56 Å². The van der Waals surface area contributed by atoms with Crippen molar-refractivity contribution in [1.82, 2.24) is 14.7 Å². The zero-order chi connectivity index (χ0) is 17.2. The summed E-state index contributed by atoms with van der Waals surface area (Å²) in [7, 11) is 2.14. The summed E-state index contributed by atoms with van der Waals surface area (Å²) in [6, 6.07) is 8.42. The van der Waals surface area contributed by atoms with Crippen LogP contribution in [-0.2, 0) is 16.1 Å². The quantitative estimate of drug-likeness (QED) is 0.788. The van der Waals surface area contributed by atoms with Gasteiger partial charge in [0, 0.05) is 44.2 Å². The molecule has 6 heteroatoms. The smallest absolute Gasteiger partial charge is 0.236 e. The zero-order valence-corrected chi connectivity index (χ0v) is 14.9. The SMILES string of the molecule is CN1C[C@H]2COC[C@@H]1CN(C(=O)CN1CCOc3ccccc3C1)C2. The molecule has 2 fully saturated rings. The molecular weight excluding hydrogens is 318 g/mol. The van der Waals surface area contributed by atoms with Gasteiger partial charge in [-0.25, -0.2) is 0 Å². The van der Waals surface area contributed by atoms with Gasteiger partial charge in [0.05, 0.1) is 25.8 Å². The lowest BCUT2D eigenvalue weighted by molar-refractivity contribution is -0.134. The standard InChI is InChI=1S/C19H27N3O3/c1-20-8-15-9-22(11-17(20)14-24-13-15)19(23)12-21-6-7-25-18-5-3-2-4-16(18)10-21/h2-5,15,17H,6-14H2,1H3/t15-,17+/m1/s1. The van der Waals surface area contributed by atoms with E-state index >= 15 is 0 Å². The summed E-state index contributed by atoms with van der Waals surface area (Å²) in [5.74, 6) is 1.58. The summed E-state index contributed by atoms with van der Waals surface area (Å²) in [6.07, 6.45) is 0. The number of hydrogen-bond donors (Lipinski definition) is 0. The first-order chi connectivity index (χ1) is 12.2. The summed E-state index contributed by atoms with van der Waals surface area (Å²) < 4.78 is 11.6. The van der Waals surface area contributed by atoms with Crippen LogP contribution in [0.2, 0.25) is 0 Å². The Morgan fingerprint density at radius 3 is 3.00 bits per heavy atom. The molecule has 1 aromatic carbocycles. The second-order valence-electron chi connectivity index (χ2n) is 7.46. The van der Waals surface area contributed by atoms with E-state index < -0.39 is 0 Å². The molecule has 1 amide bonds. The van der Waals surface area contributed by atoms with Gasteiger partial charge in [-0.15, -0.1) is 0 Å². The molecule has 0 saturated carbocycles. The molecule has 0 radical (unpaired) electrons. The molecule has 3 aliphatic rings. The first-order valence-corrected chi connectivity index (χ1v) is 9.18. The van der Waals surface area contributed by atoms with Crippen LogP contribution in [0.3, 0.4) is 0 Å². The molecule has 3 heterocycles. The molecule has 2 atom stereocenters. The Kier molecular flexibility index (Phi) is 4.92. The molecular formula is C19H27N3O3. The molecule has 0 aromatic heterocycles. The van der Waals surface area contributed by atoms with Gasteiger partial charge in [-0.05, 0) is 13.1 Å². The predicted octanol–water partition coefficient (Wildman–Crippen LogP) is 0.670. The number of rotatable bonds is 2. The van der Waals surface area contributed by atoms with E-state index in [1.54, 1.807) is 0 Å². The maximum Gasteiger partial charge on any atom is 0.236 e. The molecule has 2 saturated heterocycles. The van der Waals surface area contributed by atoms with Gasteiger partial charge < -0.3 is 14.4 Å². The van der Waals surface area contributed by atoms with E-state index in [4.69, 9.17) is 9.47 Å². The van der Waals surface area contributed by atoms with Gasteiger partial charge in [-0.3, -0.25) is 14.6 Å². The van der Waals surface area contributed by atoms with Crippen LogP contribution < -0.4 is 4.74 Å². The largest absolute Gasteiger partial charge is 0.492 e. The summed E-state index contributed by atoms with van der Waals surface area (Å²) in [5.41, 5.74) is 1.16. The molecule has 6 nitrogen and oxygen atoms in total. The van der Waals surface area contributed by atoms with Crippen LogP contribution >= 0.6 is 0 Å². The molecule has 25 heavy (non-hydrogen) atoms. The molecule has 0 spiro atoms. The maximum absolute atomic E-state index is 13.0. The second kappa shape index (κ2) is 7.32. The van der Waals surface area contributed by atoms with Crippen molar-refractivity contribution in [3.05, 3.63) is 29.8 Å². The molecule has 3 aliphatic heterocycles. The van der Waals surface area contributed by atoms with Gasteiger partial charge in [-0.2, -0.15) is 0 Å². The van der Waals surface area contributed by atoms with Crippen molar-refractivity contribution in [3.63, 3.8) is 0 Å². The van der Waals surface area contributed by atoms with Crippen molar-refractivity contribution in [1.29, 1.82) is 0 Å². The highest BCUT2D eigenvalue weighted by atomic mass is 16.5. The van der Waals surface area contributed by atoms with E-state index in [-0.39, 0.29) is 5.91 Å². The van der Waals surface area contributed by atoms with E-state index in [1.807, 2.05) is 18.2 Å². The Balaban J connectivity index is 1.42. The Morgan fingerprint density at radius 2 is 2.08 bits per heavy atom. The van der Waals surface area contributed by atoms with Crippen molar-refractivity contribution in [3.8, 4) is 5.75 Å². The first-order valence-electron chi connectivity index (χ1n) is 9.18. The number of carbonyl (C=O) groups excluding carboxylic acids is 1. The van der Waals surface area contributed by atoms with Crippen LogP contribution in [0.5, 0.6) is 5.75 Å². The Bertz CT molecular complexity index is 624. The number of benzene rings is 1. The van der Waals surface area contributed by atoms with Crippen molar-refractivity contribution >= 4 is 5.91 Å². The van der Waals surface area contributed by atoms with E-state index in [2.05, 4.69) is 27.8 Å². The van der Waals surface area contributed by atoms with Crippen molar-refractivity contribution in [2.75, 3.05) is 59.6 Å². The Labute approximate surface area is 149 Å². The molecule has 0 unspecified atom stereocenters. The lowest BCUT2D eigenvalue weighted by Crippen LogP contribution is -2.48. The normalized spacial score (nSPS) is 27.8. The van der Waals surface area contributed by atoms with Gasteiger partial charge in [0.25, 0.3) is 0 Å². The highest BCUT2D eigenvalue weighted by Crippen LogP contribution is 2.23. The van der Waals surface area contributed by atoms with Gasteiger partial charge in [0.1, 0.15) is 12.4 Å². The monoisotopic (exact) mass is 345 g/mol. The van der Waals surface area contributed by atoms with Crippen LogP contribution in [0, 0.1) is 5.92 Å². The summed E-state index contributed by atoms with van der Waals surface area (Å²) in [6.45, 7) is 6.72. The van der Waals surface area contributed by atoms with E-state index in [0.29, 0.717) is 25.1 Å². The van der Waals surface area contributed by atoms with E-state index in [9.17, 15) is 4.79 Å². The van der Waals surface area contributed by atoms with E-state index in [1.165, 1.54) is 0 Å². The third kappa shape index (κ3) is 3.81. The maximum atomic E-state index is 13.0. The molecule has 136 valence electrons. The van der Waals surface area contributed by atoms with Crippen molar-refractivity contribution in [2.45, 2.75) is 12.6 Å². The highest BCUT2D eigenvalue weighted by molar-refractivity contribution is 5.78. The van der Waals surface area contributed by atoms with Crippen molar-refractivity contribution < 1.29 is 14.3 Å². The molecule has 0 N–H and O–H groups in total. The number of nitrogens with zero attached hydrogens (tertiary/aromatic N) is 3. The summed E-state index contributed by atoms with van der Waals surface area (Å²) in [4.78, 5) is 19.6. The molecule has 2 bridgehead atoms. The summed E-state index contributed by atoms with van der Waals surface area (Å²) in [5, 5.41) is 0. The average molecular weight is 345 g/mol. The minimum atomic E-state index is 0.228. The third-order valence-corrected chi connectivity index (χ3v) is 5.49. The zero-order valence-electron chi connectivity index (χ0n) is 14.9. The first kappa shape index (κ1) is 16.8. The van der Waals surface area contributed by atoms with Gasteiger partial charge >= 0.3 is 0 Å². The molecule has 4 rings (SSSR count).